The van der Waals surface area contributed by atoms with Gasteiger partial charge < -0.3 is 9.84 Å². The molecule has 0 aliphatic heterocycles. The molecule has 0 bridgehead atoms. The number of halogens is 5. The zero-order chi connectivity index (χ0) is 21.1. The van der Waals surface area contributed by atoms with E-state index in [0.29, 0.717) is 0 Å². The number of rotatable bonds is 3. The van der Waals surface area contributed by atoms with E-state index >= 15 is 0 Å². The largest absolute Gasteiger partial charge is 0.502 e. The fourth-order valence-corrected chi connectivity index (χ4v) is 1.52. The number of phenolic OH excluding ortho intramolecular Hbond substituents is 1. The van der Waals surface area contributed by atoms with Crippen LogP contribution in [0.5, 0.6) is 11.5 Å². The summed E-state index contributed by atoms with van der Waals surface area (Å²) in [5, 5.41) is 29.1. The molecule has 2 rings (SSSR count). The Hall–Kier alpha value is -1.80. The molecule has 2 aromatic carbocycles. The van der Waals surface area contributed by atoms with Gasteiger partial charge in [0.05, 0.1) is 17.0 Å². The second-order valence-corrected chi connectivity index (χ2v) is 10.6. The maximum absolute atomic E-state index is 12.8. The molecule has 146 valence electrons. The summed E-state index contributed by atoms with van der Waals surface area (Å²) in [6.07, 6.45) is 0. The maximum atomic E-state index is 12.8. The molecule has 0 spiro atoms. The van der Waals surface area contributed by atoms with Gasteiger partial charge in [0.25, 0.3) is 0 Å². The lowest BCUT2D eigenvalue weighted by Gasteiger charge is -2.00. The van der Waals surface area contributed by atoms with Gasteiger partial charge in [0.15, 0.2) is 11.5 Å². The Kier molecular flexibility index (Phi) is 11.7. The van der Waals surface area contributed by atoms with Gasteiger partial charge in [0.1, 0.15) is 0 Å². The Bertz CT molecular complexity index is 778. The van der Waals surface area contributed by atoms with Gasteiger partial charge in [-0.1, -0.05) is 12.1 Å². The molecule has 2 aromatic rings. The highest BCUT2D eigenvalue weighted by Gasteiger charge is 2.20. The van der Waals surface area contributed by atoms with Crippen LogP contribution in [0, 0.1) is 31.9 Å². The number of methoxy groups -OCH3 is 1. The van der Waals surface area contributed by atoms with Crippen LogP contribution in [0.25, 0.3) is 0 Å². The summed E-state index contributed by atoms with van der Waals surface area (Å²) in [4.78, 5) is 18.6. The van der Waals surface area contributed by atoms with E-state index in [0.717, 1.165) is 18.2 Å². The van der Waals surface area contributed by atoms with Crippen LogP contribution in [-0.4, -0.2) is 25.2 Å². The van der Waals surface area contributed by atoms with Crippen molar-refractivity contribution in [3.05, 3.63) is 68.3 Å². The monoisotopic (exact) mass is 576 g/mol. The Labute approximate surface area is 176 Å². The molecular formula is C13H10BBr3F2N2O6. The fraction of sp³-hybridized carbons (Fsp3) is 0.0769. The number of nitro groups is 2. The summed E-state index contributed by atoms with van der Waals surface area (Å²) in [5.74, 6) is -2.65. The average Bonchev–Trinajstić information content (AvgIpc) is 2.53. The zero-order valence-corrected chi connectivity index (χ0v) is 18.1. The number of hydrogen-bond donors (Lipinski definition) is 1. The number of para-hydroxylation sites is 2. The lowest BCUT2D eigenvalue weighted by atomic mass is 10.3. The first-order valence-corrected chi connectivity index (χ1v) is 9.28. The van der Waals surface area contributed by atoms with E-state index in [4.69, 9.17) is 5.11 Å². The third kappa shape index (κ3) is 9.10. The lowest BCUT2D eigenvalue weighted by Crippen LogP contribution is -1.96. The van der Waals surface area contributed by atoms with Crippen molar-refractivity contribution >= 4 is 61.8 Å². The van der Waals surface area contributed by atoms with Crippen LogP contribution in [0.4, 0.5) is 20.2 Å². The predicted molar refractivity (Wildman–Crippen MR) is 107 cm³/mol. The van der Waals surface area contributed by atoms with Crippen LogP contribution in [-0.2, 0) is 0 Å². The van der Waals surface area contributed by atoms with Crippen LogP contribution in [0.15, 0.2) is 36.4 Å². The van der Waals surface area contributed by atoms with E-state index < -0.39 is 38.6 Å². The van der Waals surface area contributed by atoms with E-state index in [-0.39, 0.29) is 8.93 Å². The molecule has 14 heteroatoms. The van der Waals surface area contributed by atoms with Crippen LogP contribution in [0.2, 0.25) is 0 Å². The van der Waals surface area contributed by atoms with Crippen LogP contribution >= 0.6 is 47.3 Å². The Morgan fingerprint density at radius 1 is 0.963 bits per heavy atom. The maximum Gasteiger partial charge on any atom is 0.369 e. The Morgan fingerprint density at radius 2 is 1.37 bits per heavy atom. The number of phenols is 1. The number of aromatic hydroxyl groups is 1. The topological polar surface area (TPSA) is 116 Å². The third-order valence-corrected chi connectivity index (χ3v) is 2.50. The van der Waals surface area contributed by atoms with Gasteiger partial charge >= 0.3 is 14.6 Å². The molecule has 0 aliphatic carbocycles. The van der Waals surface area contributed by atoms with Crippen molar-refractivity contribution in [2.75, 3.05) is 7.11 Å². The van der Waals surface area contributed by atoms with Crippen LogP contribution in [0.3, 0.4) is 0 Å². The predicted octanol–water partition coefficient (Wildman–Crippen LogP) is 5.34. The lowest BCUT2D eigenvalue weighted by molar-refractivity contribution is -0.388. The molecule has 8 nitrogen and oxygen atoms in total. The van der Waals surface area contributed by atoms with E-state index in [1.165, 1.54) is 25.3 Å². The van der Waals surface area contributed by atoms with Gasteiger partial charge in [-0.05, 0) is 24.3 Å². The van der Waals surface area contributed by atoms with Gasteiger partial charge in [-0.25, -0.2) is 0 Å². The molecule has 0 heterocycles. The number of nitro benzene ring substituents is 2. The van der Waals surface area contributed by atoms with Crippen LogP contribution in [0.1, 0.15) is 0 Å². The van der Waals surface area contributed by atoms with Gasteiger partial charge in [-0.2, -0.15) is 8.78 Å². The zero-order valence-electron chi connectivity index (χ0n) is 13.3. The van der Waals surface area contributed by atoms with E-state index in [9.17, 15) is 29.0 Å². The van der Waals surface area contributed by atoms with Crippen molar-refractivity contribution in [1.82, 2.24) is 0 Å². The van der Waals surface area contributed by atoms with E-state index in [2.05, 4.69) is 52.0 Å². The first kappa shape index (κ1) is 25.2. The standard InChI is InChI=1S/C7H6FNO3.C6H4FNO3.BBr3/c1-12-6-4-2-3-5(8)7(6)9(10)11;7-4-2-1-3-5(9)6(4)8(10)11;2-1(3)4/h2-4H,1H3;1-3,9H;. The summed E-state index contributed by atoms with van der Waals surface area (Å²) < 4.78 is 30.1. The molecule has 0 amide bonds. The fourth-order valence-electron chi connectivity index (χ4n) is 1.52. The smallest absolute Gasteiger partial charge is 0.369 e. The highest BCUT2D eigenvalue weighted by molar-refractivity contribution is 9.69. The van der Waals surface area contributed by atoms with Crippen molar-refractivity contribution in [1.29, 1.82) is 0 Å². The van der Waals surface area contributed by atoms with Crippen molar-refractivity contribution in [2.45, 2.75) is 0 Å². The highest BCUT2D eigenvalue weighted by Crippen LogP contribution is 2.29. The average molecular weight is 579 g/mol. The van der Waals surface area contributed by atoms with Gasteiger partial charge in [-0.3, -0.25) is 20.2 Å². The molecule has 0 radical (unpaired) electrons. The Balaban J connectivity index is 0.000000421. The van der Waals surface area contributed by atoms with Gasteiger partial charge in [-0.15, -0.1) is 47.3 Å². The summed E-state index contributed by atoms with van der Waals surface area (Å²) in [5.41, 5.74) is -1.51. The summed E-state index contributed by atoms with van der Waals surface area (Å²) in [6, 6.07) is 6.86. The summed E-state index contributed by atoms with van der Waals surface area (Å²) in [6.45, 7) is 0. The molecule has 0 saturated heterocycles. The highest BCUT2D eigenvalue weighted by atomic mass is 79.9. The number of nitrogens with zero attached hydrogens (tertiary/aromatic N) is 2. The minimum atomic E-state index is -1.03. The number of hydrogen-bond acceptors (Lipinski definition) is 6. The molecule has 0 aromatic heterocycles. The second-order valence-electron chi connectivity index (χ2n) is 4.16. The first-order valence-electron chi connectivity index (χ1n) is 6.53. The quantitative estimate of drug-likeness (QED) is 0.299. The minimum Gasteiger partial charge on any atom is -0.502 e. The summed E-state index contributed by atoms with van der Waals surface area (Å²) in [7, 11) is 1.25. The number of benzene rings is 2. The SMILES string of the molecule is BrB(Br)Br.COc1cccc(F)c1[N+](=O)[O-].O=[N+]([O-])c1c(O)cccc1F. The molecule has 0 fully saturated rings. The van der Waals surface area contributed by atoms with Gasteiger partial charge in [0.2, 0.25) is 11.6 Å². The normalized spacial score (nSPS) is 9.11. The molecule has 27 heavy (non-hydrogen) atoms. The van der Waals surface area contributed by atoms with E-state index in [1.807, 2.05) is 0 Å². The molecule has 0 unspecified atom stereocenters. The van der Waals surface area contributed by atoms with Crippen molar-refractivity contribution in [2.24, 2.45) is 0 Å². The molecular weight excluding hydrogens is 569 g/mol. The van der Waals surface area contributed by atoms with Gasteiger partial charge in [0, 0.05) is 0 Å². The summed E-state index contributed by atoms with van der Waals surface area (Å²) >= 11 is 9.31. The Morgan fingerprint density at radius 3 is 1.67 bits per heavy atom. The van der Waals surface area contributed by atoms with E-state index in [1.54, 1.807) is 0 Å². The van der Waals surface area contributed by atoms with Crippen LogP contribution < -0.4 is 4.74 Å². The first-order chi connectivity index (χ1) is 12.5. The van der Waals surface area contributed by atoms with Crippen molar-refractivity contribution in [3.8, 4) is 11.5 Å². The second kappa shape index (κ2) is 12.6. The van der Waals surface area contributed by atoms with Crippen molar-refractivity contribution in [3.63, 3.8) is 0 Å². The van der Waals surface area contributed by atoms with Crippen molar-refractivity contribution < 1.29 is 28.5 Å². The third-order valence-electron chi connectivity index (χ3n) is 2.50. The molecule has 0 saturated carbocycles. The molecule has 0 atom stereocenters. The number of ether oxygens (including phenoxy) is 1. The molecule has 1 N–H and O–H groups in total. The minimum absolute atomic E-state index is 0.0694. The molecule has 0 aliphatic rings.